The van der Waals surface area contributed by atoms with E-state index in [1.165, 1.54) is 37.4 Å². The van der Waals surface area contributed by atoms with Crippen LogP contribution < -0.4 is 9.46 Å². The first-order valence-corrected chi connectivity index (χ1v) is 10.9. The Kier molecular flexibility index (Phi) is 5.43. The lowest BCUT2D eigenvalue weighted by Gasteiger charge is -2.14. The molecular formula is C22H18F3N3O3S. The van der Waals surface area contributed by atoms with E-state index in [1.807, 2.05) is 19.1 Å². The maximum atomic E-state index is 12.9. The number of nitrogens with one attached hydrogen (secondary N) is 1. The molecule has 166 valence electrons. The number of aromatic nitrogens is 2. The van der Waals surface area contributed by atoms with Gasteiger partial charge in [-0.15, -0.1) is 0 Å². The molecule has 4 rings (SSSR count). The predicted molar refractivity (Wildman–Crippen MR) is 113 cm³/mol. The largest absolute Gasteiger partial charge is 0.457 e. The second kappa shape index (κ2) is 7.95. The SMILES string of the molecule is CNS(=O)(=O)c1ccc(Oc2ccc(C(F)(F)F)cc2)c(-c2cnc3c(C)cccn23)c1. The molecule has 6 nitrogen and oxygen atoms in total. The standard InChI is InChI=1S/C22H18F3N3O3S/c1-14-4-3-11-28-19(13-27-21(14)28)18-12-17(32(29,30)26-2)9-10-20(18)31-16-7-5-15(6-8-16)22(23,24)25/h3-13,26H,1-2H3. The molecule has 0 aliphatic heterocycles. The summed E-state index contributed by atoms with van der Waals surface area (Å²) in [6, 6.07) is 12.3. The van der Waals surface area contributed by atoms with E-state index in [-0.39, 0.29) is 16.4 Å². The molecule has 1 N–H and O–H groups in total. The molecule has 0 fully saturated rings. The van der Waals surface area contributed by atoms with Crippen molar-refractivity contribution >= 4 is 15.7 Å². The van der Waals surface area contributed by atoms with Gasteiger partial charge in [0, 0.05) is 11.8 Å². The van der Waals surface area contributed by atoms with E-state index in [0.717, 1.165) is 17.7 Å². The van der Waals surface area contributed by atoms with Crippen LogP contribution in [0.1, 0.15) is 11.1 Å². The van der Waals surface area contributed by atoms with Crippen molar-refractivity contribution in [3.05, 3.63) is 78.1 Å². The van der Waals surface area contributed by atoms with E-state index < -0.39 is 21.8 Å². The van der Waals surface area contributed by atoms with Crippen molar-refractivity contribution in [2.45, 2.75) is 18.0 Å². The normalized spacial score (nSPS) is 12.3. The van der Waals surface area contributed by atoms with Gasteiger partial charge in [0.15, 0.2) is 0 Å². The Bertz CT molecular complexity index is 1400. The summed E-state index contributed by atoms with van der Waals surface area (Å²) in [6.45, 7) is 1.90. The number of alkyl halides is 3. The maximum absolute atomic E-state index is 12.9. The first kappa shape index (κ1) is 21.8. The first-order valence-electron chi connectivity index (χ1n) is 9.46. The second-order valence-corrected chi connectivity index (χ2v) is 8.90. The molecule has 0 aliphatic carbocycles. The van der Waals surface area contributed by atoms with Gasteiger partial charge in [-0.05, 0) is 68.1 Å². The van der Waals surface area contributed by atoms with Crippen molar-refractivity contribution in [2.75, 3.05) is 7.05 Å². The number of fused-ring (bicyclic) bond motifs is 1. The average Bonchev–Trinajstić information content (AvgIpc) is 3.19. The number of halogens is 3. The third kappa shape index (κ3) is 4.06. The van der Waals surface area contributed by atoms with Crippen LogP contribution in [-0.2, 0) is 16.2 Å². The maximum Gasteiger partial charge on any atom is 0.416 e. The van der Waals surface area contributed by atoms with Gasteiger partial charge in [-0.25, -0.2) is 18.1 Å². The molecule has 0 amide bonds. The Labute approximate surface area is 182 Å². The fourth-order valence-corrected chi connectivity index (χ4v) is 4.03. The van der Waals surface area contributed by atoms with Crippen molar-refractivity contribution in [2.24, 2.45) is 0 Å². The summed E-state index contributed by atoms with van der Waals surface area (Å²) in [4.78, 5) is 4.42. The third-order valence-corrected chi connectivity index (χ3v) is 6.36. The van der Waals surface area contributed by atoms with Gasteiger partial charge in [0.1, 0.15) is 17.1 Å². The molecule has 0 radical (unpaired) electrons. The number of imidazole rings is 1. The van der Waals surface area contributed by atoms with Crippen molar-refractivity contribution in [3.8, 4) is 22.8 Å². The Morgan fingerprint density at radius 3 is 2.44 bits per heavy atom. The van der Waals surface area contributed by atoms with Crippen LogP contribution in [0.2, 0.25) is 0 Å². The molecule has 2 heterocycles. The highest BCUT2D eigenvalue weighted by Crippen LogP contribution is 2.37. The van der Waals surface area contributed by atoms with Gasteiger partial charge in [0.25, 0.3) is 0 Å². The van der Waals surface area contributed by atoms with Gasteiger partial charge in [-0.2, -0.15) is 13.2 Å². The van der Waals surface area contributed by atoms with E-state index in [1.54, 1.807) is 16.8 Å². The minimum atomic E-state index is -4.46. The van der Waals surface area contributed by atoms with Crippen LogP contribution in [0.15, 0.2) is 71.9 Å². The summed E-state index contributed by atoms with van der Waals surface area (Å²) in [6.07, 6.45) is -1.08. The highest BCUT2D eigenvalue weighted by Gasteiger charge is 2.30. The molecule has 0 unspecified atom stereocenters. The van der Waals surface area contributed by atoms with Crippen molar-refractivity contribution in [1.82, 2.24) is 14.1 Å². The van der Waals surface area contributed by atoms with Gasteiger partial charge in [-0.3, -0.25) is 4.40 Å². The monoisotopic (exact) mass is 461 g/mol. The van der Waals surface area contributed by atoms with Gasteiger partial charge in [0.2, 0.25) is 10.0 Å². The summed E-state index contributed by atoms with van der Waals surface area (Å²) >= 11 is 0. The number of hydrogen-bond donors (Lipinski definition) is 1. The number of benzene rings is 2. The number of ether oxygens (including phenoxy) is 1. The molecule has 0 saturated carbocycles. The van der Waals surface area contributed by atoms with E-state index in [9.17, 15) is 21.6 Å². The summed E-state index contributed by atoms with van der Waals surface area (Å²) in [5.41, 5.74) is 1.80. The van der Waals surface area contributed by atoms with Crippen LogP contribution in [0.25, 0.3) is 16.9 Å². The Morgan fingerprint density at radius 2 is 1.78 bits per heavy atom. The van der Waals surface area contributed by atoms with Crippen molar-refractivity contribution in [1.29, 1.82) is 0 Å². The van der Waals surface area contributed by atoms with Gasteiger partial charge >= 0.3 is 6.18 Å². The highest BCUT2D eigenvalue weighted by atomic mass is 32.2. The molecule has 0 atom stereocenters. The average molecular weight is 461 g/mol. The predicted octanol–water partition coefficient (Wildman–Crippen LogP) is 5.03. The Morgan fingerprint density at radius 1 is 1.06 bits per heavy atom. The number of rotatable bonds is 5. The number of nitrogens with zero attached hydrogens (tertiary/aromatic N) is 2. The van der Waals surface area contributed by atoms with Gasteiger partial charge in [0.05, 0.1) is 22.3 Å². The Hall–Kier alpha value is -3.37. The van der Waals surface area contributed by atoms with E-state index >= 15 is 0 Å². The molecule has 0 spiro atoms. The van der Waals surface area contributed by atoms with Crippen LogP contribution in [0, 0.1) is 6.92 Å². The fraction of sp³-hybridized carbons (Fsp3) is 0.136. The summed E-state index contributed by atoms with van der Waals surface area (Å²) in [5.74, 6) is 0.441. The minimum Gasteiger partial charge on any atom is -0.457 e. The zero-order chi connectivity index (χ0) is 23.1. The fourth-order valence-electron chi connectivity index (χ4n) is 3.27. The quantitative estimate of drug-likeness (QED) is 0.453. The molecular weight excluding hydrogens is 443 g/mol. The lowest BCUT2D eigenvalue weighted by molar-refractivity contribution is -0.137. The summed E-state index contributed by atoms with van der Waals surface area (Å²) in [5, 5.41) is 0. The molecule has 32 heavy (non-hydrogen) atoms. The van der Waals surface area contributed by atoms with Crippen molar-refractivity contribution in [3.63, 3.8) is 0 Å². The van der Waals surface area contributed by atoms with Gasteiger partial charge in [-0.1, -0.05) is 6.07 Å². The number of pyridine rings is 1. The zero-order valence-corrected chi connectivity index (χ0v) is 17.8. The summed E-state index contributed by atoms with van der Waals surface area (Å²) in [7, 11) is -2.44. The number of sulfonamides is 1. The molecule has 10 heteroatoms. The second-order valence-electron chi connectivity index (χ2n) is 7.02. The first-order chi connectivity index (χ1) is 15.1. The van der Waals surface area contributed by atoms with Crippen LogP contribution >= 0.6 is 0 Å². The van der Waals surface area contributed by atoms with E-state index in [2.05, 4.69) is 9.71 Å². The van der Waals surface area contributed by atoms with Crippen LogP contribution in [0.5, 0.6) is 11.5 Å². The minimum absolute atomic E-state index is 0.0115. The lowest BCUT2D eigenvalue weighted by Crippen LogP contribution is -2.18. The third-order valence-electron chi connectivity index (χ3n) is 4.95. The summed E-state index contributed by atoms with van der Waals surface area (Å²) < 4.78 is 73.2. The molecule has 4 aromatic rings. The topological polar surface area (TPSA) is 72.7 Å². The Balaban J connectivity index is 1.84. The number of aryl methyl sites for hydroxylation is 1. The molecule has 0 bridgehead atoms. The number of hydrogen-bond acceptors (Lipinski definition) is 4. The zero-order valence-electron chi connectivity index (χ0n) is 17.0. The van der Waals surface area contributed by atoms with E-state index in [4.69, 9.17) is 4.74 Å². The van der Waals surface area contributed by atoms with Gasteiger partial charge < -0.3 is 4.74 Å². The van der Waals surface area contributed by atoms with Crippen LogP contribution in [-0.4, -0.2) is 24.9 Å². The molecule has 2 aromatic carbocycles. The van der Waals surface area contributed by atoms with Crippen molar-refractivity contribution < 1.29 is 26.3 Å². The molecule has 2 aromatic heterocycles. The molecule has 0 saturated heterocycles. The molecule has 0 aliphatic rings. The van der Waals surface area contributed by atoms with Crippen LogP contribution in [0.4, 0.5) is 13.2 Å². The van der Waals surface area contributed by atoms with Crippen LogP contribution in [0.3, 0.4) is 0 Å². The van der Waals surface area contributed by atoms with E-state index in [0.29, 0.717) is 16.9 Å². The lowest BCUT2D eigenvalue weighted by atomic mass is 10.1. The smallest absolute Gasteiger partial charge is 0.416 e. The highest BCUT2D eigenvalue weighted by molar-refractivity contribution is 7.89.